The molecule has 0 saturated heterocycles. The van der Waals surface area contributed by atoms with Crippen LogP contribution in [0, 0.1) is 5.82 Å². The molecule has 2 heterocycles. The molecular formula is C13H10BrFN4OS. The summed E-state index contributed by atoms with van der Waals surface area (Å²) in [5.74, 6) is 6.70. The van der Waals surface area contributed by atoms with Gasteiger partial charge in [-0.3, -0.25) is 0 Å². The van der Waals surface area contributed by atoms with Crippen LogP contribution in [0.25, 0.3) is 10.2 Å². The van der Waals surface area contributed by atoms with Crippen LogP contribution in [0.4, 0.5) is 10.2 Å². The number of aromatic nitrogens is 2. The van der Waals surface area contributed by atoms with Crippen molar-refractivity contribution in [2.45, 2.75) is 6.61 Å². The maximum absolute atomic E-state index is 13.0. The topological polar surface area (TPSA) is 73.1 Å². The highest BCUT2D eigenvalue weighted by atomic mass is 79.9. The molecule has 8 heteroatoms. The average molecular weight is 369 g/mol. The third-order valence-electron chi connectivity index (χ3n) is 2.76. The Bertz CT molecular complexity index is 795. The Morgan fingerprint density at radius 3 is 2.95 bits per heavy atom. The Morgan fingerprint density at radius 2 is 2.19 bits per heavy atom. The lowest BCUT2D eigenvalue weighted by molar-refractivity contribution is 0.294. The molecule has 2 aromatic heterocycles. The van der Waals surface area contributed by atoms with Gasteiger partial charge in [0.25, 0.3) is 0 Å². The standard InChI is InChI=1S/C13H10BrFN4OS/c14-9-5-7(15)1-2-10(9)20-6-11-17-12(19-16)8-3-4-21-13(8)18-11/h1-5H,6,16H2,(H,17,18,19). The number of hydrogen-bond donors (Lipinski definition) is 2. The molecule has 0 aliphatic heterocycles. The number of nitrogen functional groups attached to an aromatic ring is 1. The first-order chi connectivity index (χ1) is 10.2. The molecule has 3 aromatic rings. The van der Waals surface area contributed by atoms with Crippen molar-refractivity contribution in [1.29, 1.82) is 0 Å². The van der Waals surface area contributed by atoms with E-state index in [2.05, 4.69) is 31.3 Å². The first-order valence-electron chi connectivity index (χ1n) is 5.96. The number of nitrogens with zero attached hydrogens (tertiary/aromatic N) is 2. The lowest BCUT2D eigenvalue weighted by Crippen LogP contribution is -2.11. The minimum atomic E-state index is -0.333. The molecule has 3 rings (SSSR count). The van der Waals surface area contributed by atoms with E-state index in [9.17, 15) is 4.39 Å². The highest BCUT2D eigenvalue weighted by Crippen LogP contribution is 2.27. The molecule has 0 radical (unpaired) electrons. The quantitative estimate of drug-likeness (QED) is 0.544. The van der Waals surface area contributed by atoms with Crippen molar-refractivity contribution in [1.82, 2.24) is 9.97 Å². The molecule has 0 aliphatic carbocycles. The fourth-order valence-corrected chi connectivity index (χ4v) is 3.06. The van der Waals surface area contributed by atoms with Crippen LogP contribution in [0.5, 0.6) is 5.75 Å². The van der Waals surface area contributed by atoms with Gasteiger partial charge in [-0.05, 0) is 45.6 Å². The maximum atomic E-state index is 13.0. The second-order valence-corrected chi connectivity index (χ2v) is 5.88. The number of thiophene rings is 1. The van der Waals surface area contributed by atoms with E-state index in [1.165, 1.54) is 23.5 Å². The smallest absolute Gasteiger partial charge is 0.169 e. The second kappa shape index (κ2) is 5.92. The molecule has 5 nitrogen and oxygen atoms in total. The van der Waals surface area contributed by atoms with Crippen molar-refractivity contribution in [2.75, 3.05) is 5.43 Å². The van der Waals surface area contributed by atoms with Gasteiger partial charge in [0.1, 0.15) is 23.0 Å². The number of fused-ring (bicyclic) bond motifs is 1. The Hall–Kier alpha value is -1.77. The van der Waals surface area contributed by atoms with E-state index >= 15 is 0 Å². The van der Waals surface area contributed by atoms with Crippen molar-refractivity contribution in [2.24, 2.45) is 5.84 Å². The normalized spacial score (nSPS) is 10.8. The fourth-order valence-electron chi connectivity index (χ4n) is 1.81. The minimum absolute atomic E-state index is 0.159. The summed E-state index contributed by atoms with van der Waals surface area (Å²) in [7, 11) is 0. The third-order valence-corrected chi connectivity index (χ3v) is 4.19. The molecule has 0 saturated carbocycles. The molecule has 1 aromatic carbocycles. The SMILES string of the molecule is NNc1nc(COc2ccc(F)cc2Br)nc2sccc12. The largest absolute Gasteiger partial charge is 0.484 e. The van der Waals surface area contributed by atoms with E-state index in [0.29, 0.717) is 21.9 Å². The molecule has 0 spiro atoms. The molecule has 0 unspecified atom stereocenters. The van der Waals surface area contributed by atoms with E-state index < -0.39 is 0 Å². The lowest BCUT2D eigenvalue weighted by Gasteiger charge is -2.09. The van der Waals surface area contributed by atoms with Crippen LogP contribution in [0.1, 0.15) is 5.82 Å². The minimum Gasteiger partial charge on any atom is -0.484 e. The van der Waals surface area contributed by atoms with Gasteiger partial charge in [-0.2, -0.15) is 0 Å². The highest BCUT2D eigenvalue weighted by Gasteiger charge is 2.09. The van der Waals surface area contributed by atoms with Crippen LogP contribution in [0.15, 0.2) is 34.1 Å². The summed E-state index contributed by atoms with van der Waals surface area (Å²) in [4.78, 5) is 9.53. The molecule has 3 N–H and O–H groups in total. The molecule has 0 atom stereocenters. The summed E-state index contributed by atoms with van der Waals surface area (Å²) >= 11 is 4.74. The van der Waals surface area contributed by atoms with Crippen LogP contribution in [-0.4, -0.2) is 9.97 Å². The van der Waals surface area contributed by atoms with Crippen LogP contribution < -0.4 is 16.0 Å². The number of nitrogens with one attached hydrogen (secondary N) is 1. The number of rotatable bonds is 4. The molecule has 0 fully saturated rings. The number of benzene rings is 1. The van der Waals surface area contributed by atoms with Crippen LogP contribution >= 0.6 is 27.3 Å². The van der Waals surface area contributed by atoms with Crippen LogP contribution in [-0.2, 0) is 6.61 Å². The van der Waals surface area contributed by atoms with Crippen molar-refractivity contribution in [3.63, 3.8) is 0 Å². The van der Waals surface area contributed by atoms with Gasteiger partial charge in [0.15, 0.2) is 11.6 Å². The molecular weight excluding hydrogens is 359 g/mol. The summed E-state index contributed by atoms with van der Waals surface area (Å²) in [6, 6.07) is 6.11. The van der Waals surface area contributed by atoms with Crippen molar-refractivity contribution < 1.29 is 9.13 Å². The molecule has 108 valence electrons. The zero-order valence-electron chi connectivity index (χ0n) is 10.6. The maximum Gasteiger partial charge on any atom is 0.169 e. The molecule has 0 amide bonds. The number of hydrogen-bond acceptors (Lipinski definition) is 6. The highest BCUT2D eigenvalue weighted by molar-refractivity contribution is 9.10. The Kier molecular flexibility index (Phi) is 4.00. The first-order valence-corrected chi connectivity index (χ1v) is 7.63. The predicted molar refractivity (Wildman–Crippen MR) is 83.7 cm³/mol. The zero-order chi connectivity index (χ0) is 14.8. The molecule has 0 aliphatic rings. The first kappa shape index (κ1) is 14.2. The molecule has 21 heavy (non-hydrogen) atoms. The van der Waals surface area contributed by atoms with E-state index in [4.69, 9.17) is 10.6 Å². The summed E-state index contributed by atoms with van der Waals surface area (Å²) < 4.78 is 19.2. The summed E-state index contributed by atoms with van der Waals surface area (Å²) in [5.41, 5.74) is 2.55. The summed E-state index contributed by atoms with van der Waals surface area (Å²) in [6.45, 7) is 0.159. The van der Waals surface area contributed by atoms with E-state index in [-0.39, 0.29) is 12.4 Å². The lowest BCUT2D eigenvalue weighted by atomic mass is 10.3. The third kappa shape index (κ3) is 2.97. The summed E-state index contributed by atoms with van der Waals surface area (Å²) in [6.07, 6.45) is 0. The number of anilines is 1. The average Bonchev–Trinajstić information content (AvgIpc) is 2.93. The predicted octanol–water partition coefficient (Wildman–Crippen LogP) is 3.46. The van der Waals surface area contributed by atoms with Crippen LogP contribution in [0.3, 0.4) is 0 Å². The van der Waals surface area contributed by atoms with Gasteiger partial charge in [-0.1, -0.05) is 0 Å². The second-order valence-electron chi connectivity index (χ2n) is 4.14. The van der Waals surface area contributed by atoms with Gasteiger partial charge in [0.05, 0.1) is 9.86 Å². The van der Waals surface area contributed by atoms with Gasteiger partial charge in [-0.15, -0.1) is 11.3 Å². The number of nitrogens with two attached hydrogens (primary N) is 1. The van der Waals surface area contributed by atoms with Gasteiger partial charge in [0, 0.05) is 0 Å². The van der Waals surface area contributed by atoms with Crippen molar-refractivity contribution >= 4 is 43.3 Å². The van der Waals surface area contributed by atoms with E-state index in [1.54, 1.807) is 6.07 Å². The zero-order valence-corrected chi connectivity index (χ0v) is 13.0. The Morgan fingerprint density at radius 1 is 1.33 bits per heavy atom. The Balaban J connectivity index is 1.84. The number of halogens is 2. The van der Waals surface area contributed by atoms with Gasteiger partial charge < -0.3 is 10.2 Å². The van der Waals surface area contributed by atoms with Gasteiger partial charge in [0.2, 0.25) is 0 Å². The summed E-state index contributed by atoms with van der Waals surface area (Å²) in [5, 5.41) is 2.79. The van der Waals surface area contributed by atoms with Crippen molar-refractivity contribution in [3.8, 4) is 5.75 Å². The van der Waals surface area contributed by atoms with E-state index in [0.717, 1.165) is 10.2 Å². The number of ether oxygens (including phenoxy) is 1. The number of hydrazine groups is 1. The molecule has 0 bridgehead atoms. The monoisotopic (exact) mass is 368 g/mol. The fraction of sp³-hybridized carbons (Fsp3) is 0.0769. The van der Waals surface area contributed by atoms with Crippen molar-refractivity contribution in [3.05, 3.63) is 45.8 Å². The van der Waals surface area contributed by atoms with Crippen LogP contribution in [0.2, 0.25) is 0 Å². The van der Waals surface area contributed by atoms with Gasteiger partial charge >= 0.3 is 0 Å². The van der Waals surface area contributed by atoms with Gasteiger partial charge in [-0.25, -0.2) is 20.2 Å². The Labute approximate surface area is 132 Å². The van der Waals surface area contributed by atoms with E-state index in [1.807, 2.05) is 11.4 Å².